The van der Waals surface area contributed by atoms with Gasteiger partial charge in [-0.25, -0.2) is 13.1 Å². The van der Waals surface area contributed by atoms with Crippen LogP contribution in [0.4, 0.5) is 0 Å². The number of aromatic nitrogens is 1. The zero-order chi connectivity index (χ0) is 22.4. The quantitative estimate of drug-likeness (QED) is 0.400. The van der Waals surface area contributed by atoms with E-state index in [4.69, 9.17) is 0 Å². The topological polar surface area (TPSA) is 120 Å². The number of nitrogens with one attached hydrogen (secondary N) is 4. The van der Waals surface area contributed by atoms with Crippen molar-refractivity contribution in [3.63, 3.8) is 0 Å². The van der Waals surface area contributed by atoms with Crippen molar-refractivity contribution in [1.29, 1.82) is 0 Å². The van der Waals surface area contributed by atoms with Gasteiger partial charge in [-0.15, -0.1) is 0 Å². The number of aromatic amines is 1. The molecule has 0 saturated carbocycles. The van der Waals surface area contributed by atoms with Gasteiger partial charge < -0.3 is 4.98 Å². The van der Waals surface area contributed by atoms with Crippen molar-refractivity contribution in [1.82, 2.24) is 20.6 Å². The van der Waals surface area contributed by atoms with Crippen LogP contribution in [0.5, 0.6) is 0 Å². The Kier molecular flexibility index (Phi) is 7.09. The summed E-state index contributed by atoms with van der Waals surface area (Å²) in [6.07, 6.45) is 1.74. The van der Waals surface area contributed by atoms with E-state index < -0.39 is 15.9 Å². The maximum Gasteiger partial charge on any atom is 0.242 e. The summed E-state index contributed by atoms with van der Waals surface area (Å²) in [5.41, 5.74) is 7.45. The average Bonchev–Trinajstić information content (AvgIpc) is 3.15. The molecule has 3 aromatic rings. The molecule has 1 aromatic heterocycles. The molecular weight excluding hydrogens is 416 g/mol. The Hall–Kier alpha value is -3.17. The van der Waals surface area contributed by atoms with E-state index in [0.717, 1.165) is 22.0 Å². The average molecular weight is 443 g/mol. The van der Waals surface area contributed by atoms with E-state index in [1.807, 2.05) is 38.1 Å². The van der Waals surface area contributed by atoms with Crippen molar-refractivity contribution < 1.29 is 18.0 Å². The molecule has 0 aliphatic carbocycles. The van der Waals surface area contributed by atoms with Gasteiger partial charge in [0.2, 0.25) is 21.8 Å². The number of benzene rings is 2. The molecule has 0 spiro atoms. The van der Waals surface area contributed by atoms with E-state index in [1.54, 1.807) is 30.5 Å². The number of sulfonamides is 1. The number of hydrazine groups is 1. The smallest absolute Gasteiger partial charge is 0.242 e. The second-order valence-corrected chi connectivity index (χ2v) is 9.27. The zero-order valence-electron chi connectivity index (χ0n) is 17.4. The monoisotopic (exact) mass is 442 g/mol. The molecule has 0 aliphatic rings. The van der Waals surface area contributed by atoms with Gasteiger partial charge in [-0.05, 0) is 35.2 Å². The number of para-hydroxylation sites is 1. The summed E-state index contributed by atoms with van der Waals surface area (Å²) >= 11 is 0. The summed E-state index contributed by atoms with van der Waals surface area (Å²) in [4.78, 5) is 27.3. The van der Waals surface area contributed by atoms with Gasteiger partial charge in [0.1, 0.15) is 0 Å². The Bertz CT molecular complexity index is 1170. The van der Waals surface area contributed by atoms with Crippen molar-refractivity contribution in [2.24, 2.45) is 0 Å². The number of fused-ring (bicyclic) bond motifs is 1. The van der Waals surface area contributed by atoms with E-state index in [1.165, 1.54) is 0 Å². The minimum atomic E-state index is -3.71. The molecule has 0 atom stereocenters. The van der Waals surface area contributed by atoms with Crippen LogP contribution in [0.2, 0.25) is 0 Å². The Morgan fingerprint density at radius 3 is 2.35 bits per heavy atom. The zero-order valence-corrected chi connectivity index (χ0v) is 18.3. The molecule has 2 amide bonds. The highest BCUT2D eigenvalue weighted by atomic mass is 32.2. The molecule has 2 aromatic carbocycles. The molecule has 0 saturated heterocycles. The lowest BCUT2D eigenvalue weighted by Gasteiger charge is -2.10. The minimum absolute atomic E-state index is 0.0849. The molecule has 0 fully saturated rings. The van der Waals surface area contributed by atoms with Gasteiger partial charge in [-0.2, -0.15) is 0 Å². The number of hydrogen-bond donors (Lipinski definition) is 4. The molecular formula is C22H26N4O4S. The van der Waals surface area contributed by atoms with Crippen molar-refractivity contribution in [2.75, 3.05) is 6.54 Å². The van der Waals surface area contributed by atoms with Crippen LogP contribution in [0.25, 0.3) is 10.9 Å². The van der Waals surface area contributed by atoms with Crippen LogP contribution in [0.3, 0.4) is 0 Å². The van der Waals surface area contributed by atoms with Gasteiger partial charge in [0.15, 0.2) is 0 Å². The van der Waals surface area contributed by atoms with Crippen LogP contribution in [0, 0.1) is 0 Å². The minimum Gasteiger partial charge on any atom is -0.361 e. The standard InChI is InChI=1S/C22H26N4O4S/c1-15(2)16-7-9-18(10-8-16)31(29,30)24-12-11-21(27)25-26-22(28)13-17-14-23-20-6-4-3-5-19(17)20/h3-10,14-15,23-24H,11-13H2,1-2H3,(H,25,27)(H,26,28). The summed E-state index contributed by atoms with van der Waals surface area (Å²) in [7, 11) is -3.71. The number of carbonyl (C=O) groups excluding carboxylic acids is 2. The van der Waals surface area contributed by atoms with Crippen molar-refractivity contribution in [3.05, 3.63) is 65.9 Å². The second kappa shape index (κ2) is 9.76. The molecule has 0 aliphatic heterocycles. The largest absolute Gasteiger partial charge is 0.361 e. The van der Waals surface area contributed by atoms with E-state index in [0.29, 0.717) is 5.92 Å². The summed E-state index contributed by atoms with van der Waals surface area (Å²) < 4.78 is 27.1. The van der Waals surface area contributed by atoms with Gasteiger partial charge in [0, 0.05) is 30.1 Å². The number of hydrogen-bond acceptors (Lipinski definition) is 4. The summed E-state index contributed by atoms with van der Waals surface area (Å²) in [5.74, 6) is -0.561. The lowest BCUT2D eigenvalue weighted by Crippen LogP contribution is -2.43. The van der Waals surface area contributed by atoms with Gasteiger partial charge in [0.25, 0.3) is 0 Å². The molecule has 0 unspecified atom stereocenters. The third-order valence-corrected chi connectivity index (χ3v) is 6.35. The molecule has 0 bridgehead atoms. The van der Waals surface area contributed by atoms with Crippen molar-refractivity contribution in [2.45, 2.75) is 37.5 Å². The fraction of sp³-hybridized carbons (Fsp3) is 0.273. The van der Waals surface area contributed by atoms with Gasteiger partial charge in [-0.3, -0.25) is 20.4 Å². The SMILES string of the molecule is CC(C)c1ccc(S(=O)(=O)NCCC(=O)NNC(=O)Cc2c[nH]c3ccccc23)cc1. The maximum absolute atomic E-state index is 12.3. The number of amides is 2. The summed E-state index contributed by atoms with van der Waals surface area (Å²) in [6, 6.07) is 14.3. The molecule has 1 heterocycles. The third kappa shape index (κ3) is 5.93. The highest BCUT2D eigenvalue weighted by Crippen LogP contribution is 2.18. The highest BCUT2D eigenvalue weighted by molar-refractivity contribution is 7.89. The van der Waals surface area contributed by atoms with Gasteiger partial charge >= 0.3 is 0 Å². The fourth-order valence-electron chi connectivity index (χ4n) is 3.11. The van der Waals surface area contributed by atoms with E-state index in [-0.39, 0.29) is 30.2 Å². The van der Waals surface area contributed by atoms with Crippen LogP contribution in [0.15, 0.2) is 59.6 Å². The van der Waals surface area contributed by atoms with Gasteiger partial charge in [0.05, 0.1) is 11.3 Å². The number of H-pyrrole nitrogens is 1. The molecule has 4 N–H and O–H groups in total. The lowest BCUT2D eigenvalue weighted by molar-refractivity contribution is -0.128. The molecule has 164 valence electrons. The van der Waals surface area contributed by atoms with Crippen LogP contribution < -0.4 is 15.6 Å². The predicted molar refractivity (Wildman–Crippen MR) is 119 cm³/mol. The Balaban J connectivity index is 1.43. The Labute approximate surface area is 181 Å². The summed E-state index contributed by atoms with van der Waals surface area (Å²) in [6.45, 7) is 3.97. The second-order valence-electron chi connectivity index (χ2n) is 7.50. The molecule has 8 nitrogen and oxygen atoms in total. The van der Waals surface area contributed by atoms with Crippen LogP contribution in [-0.4, -0.2) is 31.8 Å². The van der Waals surface area contributed by atoms with Crippen LogP contribution in [0.1, 0.15) is 37.3 Å². The van der Waals surface area contributed by atoms with Crippen LogP contribution >= 0.6 is 0 Å². The van der Waals surface area contributed by atoms with E-state index in [9.17, 15) is 18.0 Å². The maximum atomic E-state index is 12.3. The first-order valence-electron chi connectivity index (χ1n) is 9.98. The first kappa shape index (κ1) is 22.5. The molecule has 3 rings (SSSR count). The van der Waals surface area contributed by atoms with E-state index >= 15 is 0 Å². The predicted octanol–water partition coefficient (Wildman–Crippen LogP) is 2.35. The number of carbonyl (C=O) groups is 2. The normalized spacial score (nSPS) is 11.6. The first-order valence-corrected chi connectivity index (χ1v) is 11.5. The number of rotatable bonds is 8. The fourth-order valence-corrected chi connectivity index (χ4v) is 4.14. The van der Waals surface area contributed by atoms with Crippen molar-refractivity contribution in [3.8, 4) is 0 Å². The Morgan fingerprint density at radius 1 is 0.968 bits per heavy atom. The van der Waals surface area contributed by atoms with Gasteiger partial charge in [-0.1, -0.05) is 44.2 Å². The van der Waals surface area contributed by atoms with Crippen LogP contribution in [-0.2, 0) is 26.0 Å². The van der Waals surface area contributed by atoms with E-state index in [2.05, 4.69) is 20.6 Å². The lowest BCUT2D eigenvalue weighted by atomic mass is 10.0. The first-order chi connectivity index (χ1) is 14.8. The van der Waals surface area contributed by atoms with Crippen molar-refractivity contribution >= 4 is 32.7 Å². The third-order valence-electron chi connectivity index (χ3n) is 4.87. The molecule has 9 heteroatoms. The molecule has 0 radical (unpaired) electrons. The summed E-state index contributed by atoms with van der Waals surface area (Å²) in [5, 5.41) is 0.944. The Morgan fingerprint density at radius 2 is 1.65 bits per heavy atom. The molecule has 31 heavy (non-hydrogen) atoms. The highest BCUT2D eigenvalue weighted by Gasteiger charge is 2.15.